The van der Waals surface area contributed by atoms with Gasteiger partial charge in [-0.1, -0.05) is 23.7 Å². The summed E-state index contributed by atoms with van der Waals surface area (Å²) in [6.07, 6.45) is 1.22. The average Bonchev–Trinajstić information content (AvgIpc) is 2.65. The minimum absolute atomic E-state index is 0.0912. The maximum absolute atomic E-state index is 13.7. The van der Waals surface area contributed by atoms with E-state index < -0.39 is 17.2 Å². The summed E-state index contributed by atoms with van der Waals surface area (Å²) in [5.41, 5.74) is 1.13. The van der Waals surface area contributed by atoms with Crippen LogP contribution >= 0.6 is 11.6 Å². The number of hydrogen-bond acceptors (Lipinski definition) is 4. The molecule has 3 rings (SSSR count). The van der Waals surface area contributed by atoms with Crippen molar-refractivity contribution in [3.05, 3.63) is 86.4 Å². The highest BCUT2D eigenvalue weighted by molar-refractivity contribution is 6.31. The van der Waals surface area contributed by atoms with Crippen molar-refractivity contribution in [2.45, 2.75) is 20.5 Å². The van der Waals surface area contributed by atoms with Crippen LogP contribution < -0.4 is 10.3 Å². The van der Waals surface area contributed by atoms with Gasteiger partial charge < -0.3 is 4.74 Å². The highest BCUT2D eigenvalue weighted by atomic mass is 35.5. The lowest BCUT2D eigenvalue weighted by Crippen LogP contribution is -2.21. The number of hydrogen-bond donors (Lipinski definition) is 0. The number of carbonyl (C=O) groups excluding carboxylic acids is 1. The molecule has 0 fully saturated rings. The molecule has 1 aromatic heterocycles. The van der Waals surface area contributed by atoms with E-state index in [9.17, 15) is 18.4 Å². The summed E-state index contributed by atoms with van der Waals surface area (Å²) < 4.78 is 33.2. The van der Waals surface area contributed by atoms with Crippen molar-refractivity contribution in [2.24, 2.45) is 0 Å². The zero-order chi connectivity index (χ0) is 20.4. The summed E-state index contributed by atoms with van der Waals surface area (Å²) in [7, 11) is 0. The largest absolute Gasteiger partial charge is 0.471 e. The molecule has 0 aliphatic rings. The molecule has 28 heavy (non-hydrogen) atoms. The van der Waals surface area contributed by atoms with Gasteiger partial charge >= 0.3 is 0 Å². The topological polar surface area (TPSA) is 61.2 Å². The second-order valence-electron chi connectivity index (χ2n) is 6.12. The first-order valence-electron chi connectivity index (χ1n) is 8.23. The van der Waals surface area contributed by atoms with Crippen LogP contribution in [0.25, 0.3) is 5.69 Å². The summed E-state index contributed by atoms with van der Waals surface area (Å²) in [5.74, 6) is -1.80. The van der Waals surface area contributed by atoms with Gasteiger partial charge in [-0.25, -0.2) is 13.8 Å². The third kappa shape index (κ3) is 3.94. The molecule has 2 aromatic carbocycles. The normalized spacial score (nSPS) is 10.8. The van der Waals surface area contributed by atoms with Gasteiger partial charge in [-0.05, 0) is 37.6 Å². The van der Waals surface area contributed by atoms with Gasteiger partial charge in [0.05, 0.1) is 5.69 Å². The monoisotopic (exact) mass is 404 g/mol. The summed E-state index contributed by atoms with van der Waals surface area (Å²) in [6, 6.07) is 8.02. The third-order valence-corrected chi connectivity index (χ3v) is 4.46. The summed E-state index contributed by atoms with van der Waals surface area (Å²) >= 11 is 6.09. The molecule has 0 aliphatic heterocycles. The molecule has 0 aliphatic carbocycles. The average molecular weight is 405 g/mol. The number of aromatic nitrogens is 2. The van der Waals surface area contributed by atoms with Crippen molar-refractivity contribution in [2.75, 3.05) is 0 Å². The molecule has 0 amide bonds. The van der Waals surface area contributed by atoms with Crippen molar-refractivity contribution >= 4 is 17.4 Å². The first-order valence-corrected chi connectivity index (χ1v) is 8.61. The molecular weight excluding hydrogens is 390 g/mol. The fraction of sp³-hybridized carbons (Fsp3) is 0.150. The maximum Gasteiger partial charge on any atom is 0.280 e. The van der Waals surface area contributed by atoms with Crippen LogP contribution in [0.1, 0.15) is 28.4 Å². The Kier molecular flexibility index (Phi) is 5.56. The summed E-state index contributed by atoms with van der Waals surface area (Å²) in [6.45, 7) is 2.93. The van der Waals surface area contributed by atoms with Crippen molar-refractivity contribution in [1.82, 2.24) is 9.55 Å². The third-order valence-electron chi connectivity index (χ3n) is 4.14. The Morgan fingerprint density at radius 2 is 1.96 bits per heavy atom. The second-order valence-corrected chi connectivity index (χ2v) is 6.50. The molecule has 144 valence electrons. The van der Waals surface area contributed by atoms with E-state index in [2.05, 4.69) is 4.98 Å². The van der Waals surface area contributed by atoms with Crippen molar-refractivity contribution < 1.29 is 18.3 Å². The van der Waals surface area contributed by atoms with Gasteiger partial charge in [0.2, 0.25) is 5.88 Å². The van der Waals surface area contributed by atoms with E-state index in [0.29, 0.717) is 11.3 Å². The number of halogens is 3. The molecule has 0 bridgehead atoms. The van der Waals surface area contributed by atoms with Gasteiger partial charge in [-0.15, -0.1) is 0 Å². The van der Waals surface area contributed by atoms with E-state index in [4.69, 9.17) is 16.3 Å². The standard InChI is InChI=1S/C20H15ClF2N2O3/c1-11-3-4-13(12(2)26)7-17(11)25-10-24-19(18(21)20(25)27)28-9-14-5-6-15(22)8-16(14)23/h3-8,10H,9H2,1-2H3. The van der Waals surface area contributed by atoms with E-state index in [0.717, 1.165) is 17.7 Å². The molecule has 0 saturated carbocycles. The number of aryl methyl sites for hydroxylation is 1. The molecule has 1 heterocycles. The van der Waals surface area contributed by atoms with Crippen LogP contribution in [0.15, 0.2) is 47.5 Å². The van der Waals surface area contributed by atoms with Crippen LogP contribution in [-0.4, -0.2) is 15.3 Å². The Morgan fingerprint density at radius 3 is 2.64 bits per heavy atom. The predicted molar refractivity (Wildman–Crippen MR) is 100 cm³/mol. The lowest BCUT2D eigenvalue weighted by Gasteiger charge is -2.13. The number of carbonyl (C=O) groups is 1. The van der Waals surface area contributed by atoms with Gasteiger partial charge in [-0.3, -0.25) is 14.2 Å². The smallest absolute Gasteiger partial charge is 0.280 e. The zero-order valence-electron chi connectivity index (χ0n) is 15.0. The molecule has 0 unspecified atom stereocenters. The van der Waals surface area contributed by atoms with Crippen molar-refractivity contribution in [1.29, 1.82) is 0 Å². The van der Waals surface area contributed by atoms with Crippen LogP contribution in [-0.2, 0) is 6.61 Å². The Bertz CT molecular complexity index is 1130. The summed E-state index contributed by atoms with van der Waals surface area (Å²) in [4.78, 5) is 28.3. The van der Waals surface area contributed by atoms with Crippen LogP contribution in [0, 0.1) is 18.6 Å². The number of nitrogens with zero attached hydrogens (tertiary/aromatic N) is 2. The van der Waals surface area contributed by atoms with Crippen LogP contribution in [0.3, 0.4) is 0 Å². The second kappa shape index (κ2) is 7.90. The number of ether oxygens (including phenoxy) is 1. The highest BCUT2D eigenvalue weighted by Gasteiger charge is 2.15. The maximum atomic E-state index is 13.7. The Balaban J connectivity index is 1.93. The Morgan fingerprint density at radius 1 is 1.21 bits per heavy atom. The molecule has 0 atom stereocenters. The van der Waals surface area contributed by atoms with E-state index in [-0.39, 0.29) is 28.9 Å². The van der Waals surface area contributed by atoms with Crippen LogP contribution in [0.4, 0.5) is 8.78 Å². The van der Waals surface area contributed by atoms with Crippen LogP contribution in [0.2, 0.25) is 5.02 Å². The SMILES string of the molecule is CC(=O)c1ccc(C)c(-n2cnc(OCc3ccc(F)cc3F)c(Cl)c2=O)c1. The van der Waals surface area contributed by atoms with Gasteiger partial charge in [0.25, 0.3) is 5.56 Å². The minimum Gasteiger partial charge on any atom is -0.471 e. The highest BCUT2D eigenvalue weighted by Crippen LogP contribution is 2.21. The van der Waals surface area contributed by atoms with Crippen molar-refractivity contribution in [3.63, 3.8) is 0 Å². The van der Waals surface area contributed by atoms with Crippen LogP contribution in [0.5, 0.6) is 5.88 Å². The van der Waals surface area contributed by atoms with E-state index >= 15 is 0 Å². The molecule has 0 radical (unpaired) electrons. The van der Waals surface area contributed by atoms with Gasteiger partial charge in [0, 0.05) is 17.2 Å². The molecule has 0 N–H and O–H groups in total. The number of ketones is 1. The zero-order valence-corrected chi connectivity index (χ0v) is 15.8. The Hall–Kier alpha value is -3.06. The van der Waals surface area contributed by atoms with E-state index in [1.807, 2.05) is 0 Å². The predicted octanol–water partition coefficient (Wildman–Crippen LogP) is 4.25. The lowest BCUT2D eigenvalue weighted by molar-refractivity contribution is 0.101. The van der Waals surface area contributed by atoms with Gasteiger partial charge in [-0.2, -0.15) is 0 Å². The molecule has 0 saturated heterocycles. The van der Waals surface area contributed by atoms with E-state index in [1.165, 1.54) is 23.9 Å². The molecular formula is C20H15ClF2N2O3. The molecule has 5 nitrogen and oxygen atoms in total. The molecule has 3 aromatic rings. The molecule has 8 heteroatoms. The minimum atomic E-state index is -0.777. The van der Waals surface area contributed by atoms with E-state index in [1.54, 1.807) is 25.1 Å². The number of benzene rings is 2. The fourth-order valence-corrected chi connectivity index (χ4v) is 2.76. The Labute approximate surface area is 164 Å². The van der Waals surface area contributed by atoms with Gasteiger partial charge in [0.15, 0.2) is 10.8 Å². The number of rotatable bonds is 5. The quantitative estimate of drug-likeness (QED) is 0.596. The van der Waals surface area contributed by atoms with Gasteiger partial charge in [0.1, 0.15) is 24.6 Å². The summed E-state index contributed by atoms with van der Waals surface area (Å²) in [5, 5.41) is -0.294. The van der Waals surface area contributed by atoms with Crippen molar-refractivity contribution in [3.8, 4) is 11.6 Å². The first kappa shape index (κ1) is 19.7. The number of Topliss-reactive ketones (excluding diaryl/α,β-unsaturated/α-hetero) is 1. The molecule has 0 spiro atoms. The first-order chi connectivity index (χ1) is 13.3. The fourth-order valence-electron chi connectivity index (χ4n) is 2.56. The lowest BCUT2D eigenvalue weighted by atomic mass is 10.1.